The molecule has 4 rings (SSSR count). The fourth-order valence-electron chi connectivity index (χ4n) is 3.34. The average molecular weight is 382 g/mol. The molecule has 1 aromatic carbocycles. The summed E-state index contributed by atoms with van der Waals surface area (Å²) in [5, 5.41) is 6.07. The third-order valence-corrected chi connectivity index (χ3v) is 4.84. The number of hydrogen-bond acceptors (Lipinski definition) is 8. The van der Waals surface area contributed by atoms with Gasteiger partial charge in [-0.25, -0.2) is 15.0 Å². The second-order valence-corrected chi connectivity index (χ2v) is 6.69. The van der Waals surface area contributed by atoms with Crippen LogP contribution in [0.3, 0.4) is 0 Å². The Kier molecular flexibility index (Phi) is 4.82. The molecule has 9 heteroatoms. The molecule has 0 unspecified atom stereocenters. The van der Waals surface area contributed by atoms with Crippen LogP contribution in [0.15, 0.2) is 28.9 Å². The summed E-state index contributed by atoms with van der Waals surface area (Å²) >= 11 is 0. The zero-order valence-corrected chi connectivity index (χ0v) is 16.0. The lowest BCUT2D eigenvalue weighted by atomic mass is 10.2. The predicted molar refractivity (Wildman–Crippen MR) is 105 cm³/mol. The zero-order chi connectivity index (χ0) is 19.7. The van der Waals surface area contributed by atoms with Gasteiger partial charge >= 0.3 is 0 Å². The normalized spacial score (nSPS) is 16.5. The molecular formula is C19H22N6O3. The van der Waals surface area contributed by atoms with Crippen molar-refractivity contribution in [2.24, 2.45) is 0 Å². The maximum atomic E-state index is 12.6. The number of hydrogen-bond donors (Lipinski definition) is 2. The van der Waals surface area contributed by atoms with E-state index in [0.29, 0.717) is 34.5 Å². The molecule has 0 saturated carbocycles. The molecule has 28 heavy (non-hydrogen) atoms. The molecular weight excluding hydrogens is 360 g/mol. The zero-order valence-electron chi connectivity index (χ0n) is 16.0. The van der Waals surface area contributed by atoms with Gasteiger partial charge in [-0.3, -0.25) is 4.79 Å². The van der Waals surface area contributed by atoms with Gasteiger partial charge < -0.3 is 24.7 Å². The highest BCUT2D eigenvalue weighted by Crippen LogP contribution is 2.30. The summed E-state index contributed by atoms with van der Waals surface area (Å²) in [4.78, 5) is 27.7. The Morgan fingerprint density at radius 3 is 2.86 bits per heavy atom. The maximum Gasteiger partial charge on any atom is 0.275 e. The first-order valence-corrected chi connectivity index (χ1v) is 9.08. The van der Waals surface area contributed by atoms with Gasteiger partial charge in [0.2, 0.25) is 0 Å². The number of amides is 1. The molecule has 1 fully saturated rings. The molecule has 0 spiro atoms. The number of likely N-dealkylation sites (N-methyl/N-ethyl adjacent to an activating group) is 1. The second-order valence-electron chi connectivity index (χ2n) is 6.69. The number of nitrogens with one attached hydrogen (secondary N) is 2. The van der Waals surface area contributed by atoms with Crippen molar-refractivity contribution in [3.63, 3.8) is 0 Å². The summed E-state index contributed by atoms with van der Waals surface area (Å²) < 4.78 is 10.9. The Labute approximate surface area is 162 Å². The van der Waals surface area contributed by atoms with E-state index in [1.165, 1.54) is 6.20 Å². The summed E-state index contributed by atoms with van der Waals surface area (Å²) in [7, 11) is 3.51. The van der Waals surface area contributed by atoms with Gasteiger partial charge in [-0.2, -0.15) is 0 Å². The first-order chi connectivity index (χ1) is 13.6. The quantitative estimate of drug-likeness (QED) is 0.690. The Morgan fingerprint density at radius 2 is 2.18 bits per heavy atom. The molecule has 0 bridgehead atoms. The number of rotatable bonds is 5. The van der Waals surface area contributed by atoms with Crippen LogP contribution in [-0.4, -0.2) is 54.1 Å². The number of fused-ring (bicyclic) bond motifs is 1. The molecule has 9 nitrogen and oxygen atoms in total. The number of carbonyl (C=O) groups is 1. The van der Waals surface area contributed by atoms with E-state index in [-0.39, 0.29) is 11.6 Å². The van der Waals surface area contributed by atoms with Crippen molar-refractivity contribution in [3.8, 4) is 5.75 Å². The molecule has 3 heterocycles. The number of nitrogens with zero attached hydrogens (tertiary/aromatic N) is 4. The van der Waals surface area contributed by atoms with Gasteiger partial charge in [0.05, 0.1) is 19.5 Å². The second kappa shape index (κ2) is 7.43. The van der Waals surface area contributed by atoms with E-state index in [1.54, 1.807) is 32.4 Å². The number of aromatic nitrogens is 3. The molecule has 1 amide bonds. The highest BCUT2D eigenvalue weighted by Gasteiger charge is 2.22. The van der Waals surface area contributed by atoms with Gasteiger partial charge in [-0.05, 0) is 13.5 Å². The minimum Gasteiger partial charge on any atom is -0.494 e. The lowest BCUT2D eigenvalue weighted by Crippen LogP contribution is -2.30. The third-order valence-electron chi connectivity index (χ3n) is 4.84. The van der Waals surface area contributed by atoms with Crippen molar-refractivity contribution >= 4 is 28.5 Å². The van der Waals surface area contributed by atoms with Crippen LogP contribution in [-0.2, 0) is 0 Å². The van der Waals surface area contributed by atoms with E-state index in [2.05, 4.69) is 30.5 Å². The highest BCUT2D eigenvalue weighted by atomic mass is 16.5. The van der Waals surface area contributed by atoms with Crippen LogP contribution in [0.2, 0.25) is 0 Å². The summed E-state index contributed by atoms with van der Waals surface area (Å²) in [5.74, 6) is 1.47. The molecule has 0 radical (unpaired) electrons. The van der Waals surface area contributed by atoms with Crippen LogP contribution < -0.4 is 20.3 Å². The van der Waals surface area contributed by atoms with Crippen molar-refractivity contribution in [2.75, 3.05) is 37.5 Å². The lowest BCUT2D eigenvalue weighted by molar-refractivity contribution is 0.102. The average Bonchev–Trinajstić information content (AvgIpc) is 3.33. The van der Waals surface area contributed by atoms with Crippen LogP contribution >= 0.6 is 0 Å². The van der Waals surface area contributed by atoms with Crippen molar-refractivity contribution < 1.29 is 13.9 Å². The molecule has 0 aliphatic carbocycles. The Morgan fingerprint density at radius 1 is 1.32 bits per heavy atom. The van der Waals surface area contributed by atoms with E-state index >= 15 is 0 Å². The third kappa shape index (κ3) is 3.48. The van der Waals surface area contributed by atoms with Gasteiger partial charge in [-0.1, -0.05) is 0 Å². The number of benzene rings is 1. The van der Waals surface area contributed by atoms with Gasteiger partial charge in [-0.15, -0.1) is 0 Å². The topological polar surface area (TPSA) is 105 Å². The first kappa shape index (κ1) is 18.2. The number of oxazole rings is 1. The fraction of sp³-hybridized carbons (Fsp3) is 0.368. The van der Waals surface area contributed by atoms with Crippen LogP contribution in [0.25, 0.3) is 11.1 Å². The number of methoxy groups -OCH3 is 1. The SMILES string of the molecule is CN[C@@H]1CCN(c2cnc(C(=O)Nc3cc(OC)c4nc(C)oc4c3)cn2)C1. The van der Waals surface area contributed by atoms with Gasteiger partial charge in [0, 0.05) is 43.9 Å². The van der Waals surface area contributed by atoms with Crippen molar-refractivity contribution in [1.82, 2.24) is 20.3 Å². The lowest BCUT2D eigenvalue weighted by Gasteiger charge is -2.17. The predicted octanol–water partition coefficient (Wildman–Crippen LogP) is 1.99. The smallest absolute Gasteiger partial charge is 0.275 e. The first-order valence-electron chi connectivity index (χ1n) is 9.08. The minimum absolute atomic E-state index is 0.237. The summed E-state index contributed by atoms with van der Waals surface area (Å²) in [6.07, 6.45) is 4.19. The minimum atomic E-state index is -0.355. The Hall–Kier alpha value is -3.20. The number of aryl methyl sites for hydroxylation is 1. The van der Waals surface area contributed by atoms with E-state index in [9.17, 15) is 4.79 Å². The number of carbonyl (C=O) groups excluding carboxylic acids is 1. The number of ether oxygens (including phenoxy) is 1. The Bertz CT molecular complexity index is 1000. The molecule has 146 valence electrons. The van der Waals surface area contributed by atoms with Crippen molar-refractivity contribution in [3.05, 3.63) is 36.1 Å². The fourth-order valence-corrected chi connectivity index (χ4v) is 3.34. The molecule has 3 aromatic rings. The summed E-state index contributed by atoms with van der Waals surface area (Å²) in [6, 6.07) is 3.86. The Balaban J connectivity index is 1.50. The standard InChI is InChI=1S/C19H22N6O3/c1-11-23-18-15(27-3)6-13(7-16(18)28-11)24-19(26)14-8-22-17(9-21-14)25-5-4-12(10-25)20-2/h6-9,12,20H,4-5,10H2,1-3H3,(H,24,26)/t12-/m1/s1. The highest BCUT2D eigenvalue weighted by molar-refractivity contribution is 6.03. The molecule has 2 N–H and O–H groups in total. The summed E-state index contributed by atoms with van der Waals surface area (Å²) in [6.45, 7) is 3.56. The van der Waals surface area contributed by atoms with E-state index in [4.69, 9.17) is 9.15 Å². The van der Waals surface area contributed by atoms with Gasteiger partial charge in [0.25, 0.3) is 5.91 Å². The molecule has 1 saturated heterocycles. The van der Waals surface area contributed by atoms with E-state index < -0.39 is 0 Å². The van der Waals surface area contributed by atoms with Gasteiger partial charge in [0.15, 0.2) is 22.7 Å². The maximum absolute atomic E-state index is 12.6. The molecule has 1 aliphatic rings. The van der Waals surface area contributed by atoms with Crippen LogP contribution in [0.5, 0.6) is 5.75 Å². The molecule has 2 aromatic heterocycles. The largest absolute Gasteiger partial charge is 0.494 e. The van der Waals surface area contributed by atoms with Crippen molar-refractivity contribution in [1.29, 1.82) is 0 Å². The van der Waals surface area contributed by atoms with Crippen LogP contribution in [0.1, 0.15) is 22.8 Å². The monoisotopic (exact) mass is 382 g/mol. The summed E-state index contributed by atoms with van der Waals surface area (Å²) in [5.41, 5.74) is 1.93. The number of anilines is 2. The van der Waals surface area contributed by atoms with E-state index in [0.717, 1.165) is 25.3 Å². The van der Waals surface area contributed by atoms with Crippen molar-refractivity contribution in [2.45, 2.75) is 19.4 Å². The van der Waals surface area contributed by atoms with Crippen LogP contribution in [0.4, 0.5) is 11.5 Å². The van der Waals surface area contributed by atoms with Crippen LogP contribution in [0, 0.1) is 6.92 Å². The molecule has 1 aliphatic heterocycles. The van der Waals surface area contributed by atoms with E-state index in [1.807, 2.05) is 7.05 Å². The van der Waals surface area contributed by atoms with Gasteiger partial charge in [0.1, 0.15) is 11.5 Å². The molecule has 1 atom stereocenters.